The number of rotatable bonds is 6. The van der Waals surface area contributed by atoms with Gasteiger partial charge in [0, 0.05) is 31.4 Å². The van der Waals surface area contributed by atoms with E-state index < -0.39 is 10.0 Å². The molecular formula is C20H24FN3O4S. The van der Waals surface area contributed by atoms with Crippen LogP contribution in [0.4, 0.5) is 14.9 Å². The molecule has 7 nitrogen and oxygen atoms in total. The topological polar surface area (TPSA) is 87.7 Å². The van der Waals surface area contributed by atoms with Crippen LogP contribution in [0.5, 0.6) is 5.75 Å². The van der Waals surface area contributed by atoms with Gasteiger partial charge in [0.2, 0.25) is 10.0 Å². The van der Waals surface area contributed by atoms with E-state index in [1.54, 1.807) is 17.0 Å². The number of hydrogen-bond donors (Lipinski definition) is 2. The number of nitrogens with one attached hydrogen (secondary N) is 2. The second kappa shape index (κ2) is 9.23. The Balaban J connectivity index is 1.48. The van der Waals surface area contributed by atoms with Crippen molar-refractivity contribution < 1.29 is 22.3 Å². The number of carbonyl (C=O) groups is 1. The van der Waals surface area contributed by atoms with Gasteiger partial charge in [-0.1, -0.05) is 6.07 Å². The van der Waals surface area contributed by atoms with Crippen molar-refractivity contribution in [3.05, 3.63) is 54.3 Å². The maximum Gasteiger partial charge on any atom is 0.321 e. The molecule has 0 bridgehead atoms. The van der Waals surface area contributed by atoms with Gasteiger partial charge in [0.15, 0.2) is 0 Å². The molecule has 2 N–H and O–H groups in total. The number of urea groups is 1. The number of nitrogens with zero attached hydrogens (tertiary/aromatic N) is 1. The largest absolute Gasteiger partial charge is 0.497 e. The Kier molecular flexibility index (Phi) is 6.71. The van der Waals surface area contributed by atoms with Crippen molar-refractivity contribution in [2.45, 2.75) is 17.7 Å². The number of sulfonamides is 1. The fourth-order valence-electron chi connectivity index (χ4n) is 3.16. The van der Waals surface area contributed by atoms with Crippen LogP contribution in [0.25, 0.3) is 0 Å². The van der Waals surface area contributed by atoms with Crippen LogP contribution < -0.4 is 14.8 Å². The molecule has 3 rings (SSSR count). The minimum Gasteiger partial charge on any atom is -0.497 e. The summed E-state index contributed by atoms with van der Waals surface area (Å²) in [7, 11) is -2.13. The van der Waals surface area contributed by atoms with Gasteiger partial charge in [0.25, 0.3) is 0 Å². The average molecular weight is 421 g/mol. The molecule has 0 atom stereocenters. The van der Waals surface area contributed by atoms with Crippen molar-refractivity contribution in [3.63, 3.8) is 0 Å². The smallest absolute Gasteiger partial charge is 0.321 e. The summed E-state index contributed by atoms with van der Waals surface area (Å²) in [4.78, 5) is 14.2. The van der Waals surface area contributed by atoms with Crippen LogP contribution in [0.3, 0.4) is 0 Å². The third-order valence-corrected chi connectivity index (χ3v) is 6.33. The maximum absolute atomic E-state index is 12.9. The number of anilines is 1. The Morgan fingerprint density at radius 3 is 2.52 bits per heavy atom. The molecule has 0 aliphatic carbocycles. The molecule has 9 heteroatoms. The van der Waals surface area contributed by atoms with Gasteiger partial charge in [-0.25, -0.2) is 22.3 Å². The molecule has 2 aromatic carbocycles. The highest BCUT2D eigenvalue weighted by Gasteiger charge is 2.24. The fourth-order valence-corrected chi connectivity index (χ4v) is 4.31. The van der Waals surface area contributed by atoms with Crippen molar-refractivity contribution in [2.75, 3.05) is 32.1 Å². The first-order valence-corrected chi connectivity index (χ1v) is 10.8. The third kappa shape index (κ3) is 5.68. The number of methoxy groups -OCH3 is 1. The van der Waals surface area contributed by atoms with Crippen molar-refractivity contribution >= 4 is 21.7 Å². The van der Waals surface area contributed by atoms with E-state index in [0.717, 1.165) is 0 Å². The van der Waals surface area contributed by atoms with Crippen LogP contribution in [0.1, 0.15) is 12.8 Å². The van der Waals surface area contributed by atoms with Gasteiger partial charge in [-0.15, -0.1) is 0 Å². The SMILES string of the molecule is COc1cccc(S(=O)(=O)NCC2CCN(C(=O)Nc3ccc(F)cc3)CC2)c1. The lowest BCUT2D eigenvalue weighted by atomic mass is 9.97. The van der Waals surface area contributed by atoms with Crippen LogP contribution in [-0.2, 0) is 10.0 Å². The van der Waals surface area contributed by atoms with Gasteiger partial charge in [-0.2, -0.15) is 0 Å². The Morgan fingerprint density at radius 2 is 1.86 bits per heavy atom. The number of hydrogen-bond acceptors (Lipinski definition) is 4. The van der Waals surface area contributed by atoms with Crippen LogP contribution in [0.15, 0.2) is 53.4 Å². The molecule has 1 heterocycles. The van der Waals surface area contributed by atoms with Gasteiger partial charge in [-0.05, 0) is 55.2 Å². The minimum absolute atomic E-state index is 0.144. The van der Waals surface area contributed by atoms with E-state index in [0.29, 0.717) is 43.9 Å². The number of piperidine rings is 1. The average Bonchev–Trinajstić information content (AvgIpc) is 2.74. The van der Waals surface area contributed by atoms with Crippen molar-refractivity contribution in [3.8, 4) is 5.75 Å². The molecule has 0 aromatic heterocycles. The Bertz CT molecular complexity index is 942. The summed E-state index contributed by atoms with van der Waals surface area (Å²) in [5.74, 6) is 0.263. The summed E-state index contributed by atoms with van der Waals surface area (Å²) in [5.41, 5.74) is 0.532. The van der Waals surface area contributed by atoms with Crippen LogP contribution in [0.2, 0.25) is 0 Å². The lowest BCUT2D eigenvalue weighted by Gasteiger charge is -2.32. The number of benzene rings is 2. The summed E-state index contributed by atoms with van der Waals surface area (Å²) >= 11 is 0. The zero-order chi connectivity index (χ0) is 20.9. The fraction of sp³-hybridized carbons (Fsp3) is 0.350. The summed E-state index contributed by atoms with van der Waals surface area (Å²) in [5, 5.41) is 2.74. The monoisotopic (exact) mass is 421 g/mol. The highest BCUT2D eigenvalue weighted by Crippen LogP contribution is 2.20. The van der Waals surface area contributed by atoms with Crippen molar-refractivity contribution in [2.24, 2.45) is 5.92 Å². The maximum atomic E-state index is 12.9. The molecule has 1 aliphatic heterocycles. The molecule has 1 aliphatic rings. The number of ether oxygens (including phenoxy) is 1. The van der Waals surface area contributed by atoms with Gasteiger partial charge < -0.3 is 15.0 Å². The van der Waals surface area contributed by atoms with E-state index in [1.165, 1.54) is 43.5 Å². The summed E-state index contributed by atoms with van der Waals surface area (Å²) in [6, 6.07) is 11.7. The van der Waals surface area contributed by atoms with E-state index in [-0.39, 0.29) is 22.7 Å². The highest BCUT2D eigenvalue weighted by molar-refractivity contribution is 7.89. The Morgan fingerprint density at radius 1 is 1.17 bits per heavy atom. The van der Waals surface area contributed by atoms with Crippen LogP contribution >= 0.6 is 0 Å². The minimum atomic E-state index is -3.62. The predicted molar refractivity (Wildman–Crippen MR) is 108 cm³/mol. The van der Waals surface area contributed by atoms with Gasteiger partial charge in [0.1, 0.15) is 11.6 Å². The van der Waals surface area contributed by atoms with E-state index in [4.69, 9.17) is 4.74 Å². The second-order valence-corrected chi connectivity index (χ2v) is 8.67. The molecule has 2 amide bonds. The number of amides is 2. The second-order valence-electron chi connectivity index (χ2n) is 6.90. The van der Waals surface area contributed by atoms with E-state index in [2.05, 4.69) is 10.0 Å². The first kappa shape index (κ1) is 21.1. The molecule has 1 fully saturated rings. The third-order valence-electron chi connectivity index (χ3n) is 4.91. The van der Waals surface area contributed by atoms with E-state index >= 15 is 0 Å². The molecule has 2 aromatic rings. The normalized spacial score (nSPS) is 15.2. The zero-order valence-corrected chi connectivity index (χ0v) is 16.9. The molecule has 156 valence electrons. The lowest BCUT2D eigenvalue weighted by molar-refractivity contribution is 0.183. The quantitative estimate of drug-likeness (QED) is 0.751. The first-order valence-electron chi connectivity index (χ1n) is 9.32. The molecule has 0 radical (unpaired) electrons. The molecule has 1 saturated heterocycles. The first-order chi connectivity index (χ1) is 13.9. The van der Waals surface area contributed by atoms with Gasteiger partial charge in [0.05, 0.1) is 12.0 Å². The van der Waals surface area contributed by atoms with Crippen LogP contribution in [-0.4, -0.2) is 46.1 Å². The Hall–Kier alpha value is -2.65. The van der Waals surface area contributed by atoms with Crippen molar-refractivity contribution in [1.29, 1.82) is 0 Å². The van der Waals surface area contributed by atoms with Gasteiger partial charge >= 0.3 is 6.03 Å². The predicted octanol–water partition coefficient (Wildman–Crippen LogP) is 3.06. The summed E-state index contributed by atoms with van der Waals surface area (Å²) in [6.45, 7) is 1.37. The van der Waals surface area contributed by atoms with Crippen LogP contribution in [0, 0.1) is 11.7 Å². The molecule has 0 unspecified atom stereocenters. The van der Waals surface area contributed by atoms with Crippen molar-refractivity contribution in [1.82, 2.24) is 9.62 Å². The highest BCUT2D eigenvalue weighted by atomic mass is 32.2. The molecule has 0 spiro atoms. The number of likely N-dealkylation sites (tertiary alicyclic amines) is 1. The summed E-state index contributed by atoms with van der Waals surface area (Å²) < 4.78 is 45.6. The number of halogens is 1. The Labute approximate surface area is 169 Å². The number of carbonyl (C=O) groups excluding carboxylic acids is 1. The van der Waals surface area contributed by atoms with E-state index in [1.807, 2.05) is 0 Å². The lowest BCUT2D eigenvalue weighted by Crippen LogP contribution is -2.43. The summed E-state index contributed by atoms with van der Waals surface area (Å²) in [6.07, 6.45) is 1.38. The zero-order valence-electron chi connectivity index (χ0n) is 16.1. The van der Waals surface area contributed by atoms with Gasteiger partial charge in [-0.3, -0.25) is 0 Å². The molecular weight excluding hydrogens is 397 g/mol. The van der Waals surface area contributed by atoms with E-state index in [9.17, 15) is 17.6 Å². The molecule has 29 heavy (non-hydrogen) atoms. The molecule has 0 saturated carbocycles. The standard InChI is InChI=1S/C20H24FN3O4S/c1-28-18-3-2-4-19(13-18)29(26,27)22-14-15-9-11-24(12-10-15)20(25)23-17-7-5-16(21)6-8-17/h2-8,13,15,22H,9-12,14H2,1H3,(H,23,25).